The van der Waals surface area contributed by atoms with E-state index >= 15 is 0 Å². The lowest BCUT2D eigenvalue weighted by atomic mass is 9.73. The molecule has 0 aliphatic carbocycles. The Balaban J connectivity index is 0.0000158. The largest absolute Gasteiger partial charge is 0.466 e. The molecule has 80 heavy (non-hydrogen) atoms. The summed E-state index contributed by atoms with van der Waals surface area (Å²) in [5.41, 5.74) is 1.14. The van der Waals surface area contributed by atoms with E-state index in [0.717, 1.165) is 90.4 Å². The lowest BCUT2D eigenvalue weighted by Crippen LogP contribution is -2.42. The van der Waals surface area contributed by atoms with E-state index in [1.807, 2.05) is 19.9 Å². The van der Waals surface area contributed by atoms with Gasteiger partial charge in [0.1, 0.15) is 0 Å². The Labute approximate surface area is 495 Å². The molecule has 0 bridgehead atoms. The maximum Gasteiger partial charge on any atom is 0.305 e. The number of benzene rings is 1. The number of carbonyl (C=O) groups is 2. The highest BCUT2D eigenvalue weighted by Crippen LogP contribution is 2.39. The molecule has 0 aromatic heterocycles. The second-order valence-electron chi connectivity index (χ2n) is 23.3. The van der Waals surface area contributed by atoms with Crippen LogP contribution in [0, 0.1) is 5.41 Å². The molecule has 1 heterocycles. The van der Waals surface area contributed by atoms with Crippen LogP contribution in [0.3, 0.4) is 0 Å². The van der Waals surface area contributed by atoms with Gasteiger partial charge in [0.15, 0.2) is 12.6 Å². The van der Waals surface area contributed by atoms with Gasteiger partial charge in [-0.05, 0) is 94.8 Å². The fourth-order valence-corrected chi connectivity index (χ4v) is 10.8. The van der Waals surface area contributed by atoms with Crippen molar-refractivity contribution in [3.8, 4) is 0 Å². The number of unbranched alkanes of at least 4 members (excludes halogenated alkanes) is 29. The summed E-state index contributed by atoms with van der Waals surface area (Å²) < 4.78 is 43.1. The first-order chi connectivity index (χ1) is 39.4. The lowest BCUT2D eigenvalue weighted by molar-refractivity contribution is -0.160. The van der Waals surface area contributed by atoms with E-state index in [0.29, 0.717) is 59.1 Å². The van der Waals surface area contributed by atoms with E-state index < -0.39 is 0 Å². The highest BCUT2D eigenvalue weighted by molar-refractivity contribution is 5.69. The number of piperidine rings is 1. The number of likely N-dealkylation sites (tertiary alicyclic amines) is 1. The zero-order valence-corrected chi connectivity index (χ0v) is 53.6. The van der Waals surface area contributed by atoms with Crippen LogP contribution in [-0.2, 0) is 49.4 Å². The number of ether oxygens (including phenoxy) is 7. The predicted octanol–water partition coefficient (Wildman–Crippen LogP) is 19.8. The van der Waals surface area contributed by atoms with Crippen molar-refractivity contribution in [2.45, 2.75) is 330 Å². The van der Waals surface area contributed by atoms with Gasteiger partial charge < -0.3 is 38.1 Å². The van der Waals surface area contributed by atoms with Crippen LogP contribution < -0.4 is 0 Å². The first kappa shape index (κ1) is 75.9. The summed E-state index contributed by atoms with van der Waals surface area (Å²) >= 11 is 0. The standard InChI is InChI=1S/C68H125NO9.C2H6/c1-5-9-13-17-21-25-29-37-56-75-66(76-57-38-30-26-22-18-14-10-6-2)46-44-64(70)73-60-50-68(48-53-69(54-49-68)52-36-41-55-72-62-63-42-34-33-35-43-63)51-61-74-65(71)45-47-67(77-58-39-31-27-23-19-15-11-7-3)78-59-40-32-28-24-20-16-12-8-4;1-2/h33-35,42-43,66-67H,5-32,36-41,44-62H2,1-4H3;1-2H3. The van der Waals surface area contributed by atoms with Crippen LogP contribution in [0.2, 0.25) is 0 Å². The summed E-state index contributed by atoms with van der Waals surface area (Å²) in [7, 11) is 0. The van der Waals surface area contributed by atoms with Gasteiger partial charge in [-0.15, -0.1) is 0 Å². The second-order valence-corrected chi connectivity index (χ2v) is 23.3. The molecule has 0 saturated carbocycles. The number of esters is 2. The minimum absolute atomic E-state index is 0.0721. The first-order valence-electron chi connectivity index (χ1n) is 34.5. The maximum absolute atomic E-state index is 13.4. The number of hydrogen-bond acceptors (Lipinski definition) is 10. The molecule has 1 aromatic rings. The van der Waals surface area contributed by atoms with Gasteiger partial charge in [0, 0.05) is 45.9 Å². The van der Waals surface area contributed by atoms with Crippen LogP contribution >= 0.6 is 0 Å². The van der Waals surface area contributed by atoms with Crippen molar-refractivity contribution in [1.82, 2.24) is 4.90 Å². The van der Waals surface area contributed by atoms with E-state index in [1.54, 1.807) is 0 Å². The Kier molecular flexibility index (Phi) is 55.7. The minimum atomic E-state index is -0.384. The van der Waals surface area contributed by atoms with Crippen molar-refractivity contribution in [2.75, 3.05) is 65.9 Å². The number of carbonyl (C=O) groups excluding carboxylic acids is 2. The van der Waals surface area contributed by atoms with Crippen molar-refractivity contribution < 1.29 is 42.7 Å². The third kappa shape index (κ3) is 47.3. The van der Waals surface area contributed by atoms with Crippen LogP contribution in [0.1, 0.15) is 317 Å². The number of rotatable bonds is 59. The molecule has 10 nitrogen and oxygen atoms in total. The molecule has 0 unspecified atom stereocenters. The molecule has 1 aromatic carbocycles. The van der Waals surface area contributed by atoms with Gasteiger partial charge in [0.25, 0.3) is 0 Å². The summed E-state index contributed by atoms with van der Waals surface area (Å²) in [6.45, 7) is 20.9. The van der Waals surface area contributed by atoms with E-state index in [2.05, 4.69) is 56.9 Å². The SMILES string of the molecule is CC.CCCCCCCCCCOC(CCC(=O)OCCC1(CCOC(=O)CCC(OCCCCCCCCCC)OCCCCCCCCCC)CCN(CCCCOCc2ccccc2)CC1)OCCCCCCCCCC. The van der Waals surface area contributed by atoms with Gasteiger partial charge in [-0.3, -0.25) is 9.59 Å². The Morgan fingerprint density at radius 3 is 1.10 bits per heavy atom. The molecule has 0 radical (unpaired) electrons. The summed E-state index contributed by atoms with van der Waals surface area (Å²) in [6.07, 6.45) is 46.5. The molecule has 0 N–H and O–H groups in total. The summed E-state index contributed by atoms with van der Waals surface area (Å²) in [4.78, 5) is 29.3. The molecule has 2 rings (SSSR count). The molecule has 0 amide bonds. The Hall–Kier alpha value is -2.08. The molecular formula is C70H131NO9. The quantitative estimate of drug-likeness (QED) is 0.0356. The van der Waals surface area contributed by atoms with Crippen LogP contribution in [0.5, 0.6) is 0 Å². The Bertz CT molecular complexity index is 1310. The fraction of sp³-hybridized carbons (Fsp3) is 0.886. The lowest BCUT2D eigenvalue weighted by Gasteiger charge is -2.42. The molecule has 1 aliphatic heterocycles. The number of hydrogen-bond donors (Lipinski definition) is 0. The maximum atomic E-state index is 13.4. The van der Waals surface area contributed by atoms with Crippen molar-refractivity contribution in [3.05, 3.63) is 35.9 Å². The summed E-state index contributed by atoms with van der Waals surface area (Å²) in [5, 5.41) is 0. The van der Waals surface area contributed by atoms with Gasteiger partial charge in [-0.25, -0.2) is 0 Å². The minimum Gasteiger partial charge on any atom is -0.466 e. The van der Waals surface area contributed by atoms with Gasteiger partial charge >= 0.3 is 11.9 Å². The summed E-state index contributed by atoms with van der Waals surface area (Å²) in [6, 6.07) is 10.4. The van der Waals surface area contributed by atoms with Crippen LogP contribution in [0.15, 0.2) is 30.3 Å². The van der Waals surface area contributed by atoms with Crippen LogP contribution in [-0.4, -0.2) is 95.3 Å². The van der Waals surface area contributed by atoms with Crippen molar-refractivity contribution >= 4 is 11.9 Å². The zero-order chi connectivity index (χ0) is 57.9. The second kappa shape index (κ2) is 58.7. The average Bonchev–Trinajstić information content (AvgIpc) is 3.48. The van der Waals surface area contributed by atoms with Crippen molar-refractivity contribution in [1.29, 1.82) is 0 Å². The molecule has 0 spiro atoms. The fourth-order valence-electron chi connectivity index (χ4n) is 10.8. The zero-order valence-electron chi connectivity index (χ0n) is 53.6. The molecule has 0 atom stereocenters. The van der Waals surface area contributed by atoms with E-state index in [9.17, 15) is 9.59 Å². The average molecular weight is 1130 g/mol. The van der Waals surface area contributed by atoms with E-state index in [1.165, 1.54) is 185 Å². The van der Waals surface area contributed by atoms with E-state index in [-0.39, 0.29) is 42.8 Å². The Morgan fingerprint density at radius 1 is 0.425 bits per heavy atom. The Morgan fingerprint density at radius 2 is 0.750 bits per heavy atom. The van der Waals surface area contributed by atoms with Crippen LogP contribution in [0.25, 0.3) is 0 Å². The number of nitrogens with zero attached hydrogens (tertiary/aromatic N) is 1. The van der Waals surface area contributed by atoms with Gasteiger partial charge in [-0.1, -0.05) is 252 Å². The van der Waals surface area contributed by atoms with Gasteiger partial charge in [-0.2, -0.15) is 0 Å². The molecule has 1 aliphatic rings. The normalized spacial score (nSPS) is 13.5. The summed E-state index contributed by atoms with van der Waals surface area (Å²) in [5.74, 6) is -0.382. The monoisotopic (exact) mass is 1130 g/mol. The van der Waals surface area contributed by atoms with Gasteiger partial charge in [0.2, 0.25) is 0 Å². The molecular weight excluding hydrogens is 999 g/mol. The molecule has 10 heteroatoms. The molecule has 1 saturated heterocycles. The van der Waals surface area contributed by atoms with Crippen molar-refractivity contribution in [3.63, 3.8) is 0 Å². The smallest absolute Gasteiger partial charge is 0.305 e. The molecule has 1 fully saturated rings. The molecule has 470 valence electrons. The van der Waals surface area contributed by atoms with Gasteiger partial charge in [0.05, 0.1) is 32.7 Å². The third-order valence-electron chi connectivity index (χ3n) is 16.2. The third-order valence-corrected chi connectivity index (χ3v) is 16.2. The van der Waals surface area contributed by atoms with Crippen molar-refractivity contribution in [2.24, 2.45) is 5.41 Å². The van der Waals surface area contributed by atoms with Crippen LogP contribution in [0.4, 0.5) is 0 Å². The van der Waals surface area contributed by atoms with E-state index in [4.69, 9.17) is 33.2 Å². The predicted molar refractivity (Wildman–Crippen MR) is 336 cm³/mol. The highest BCUT2D eigenvalue weighted by atomic mass is 16.7. The highest BCUT2D eigenvalue weighted by Gasteiger charge is 2.35. The topological polar surface area (TPSA) is 102 Å². The first-order valence-corrected chi connectivity index (χ1v) is 34.5.